The molecule has 1 saturated heterocycles. The van der Waals surface area contributed by atoms with Crippen molar-refractivity contribution in [1.82, 2.24) is 9.62 Å². The Bertz CT molecular complexity index is 647. The zero-order valence-corrected chi connectivity index (χ0v) is 12.5. The molecule has 0 amide bonds. The number of sulfonamides is 1. The van der Waals surface area contributed by atoms with E-state index in [0.29, 0.717) is 0 Å². The molecule has 1 aliphatic heterocycles. The highest BCUT2D eigenvalue weighted by Gasteiger charge is 2.25. The highest BCUT2D eigenvalue weighted by atomic mass is 32.2. The van der Waals surface area contributed by atoms with Gasteiger partial charge in [0.25, 0.3) is 5.69 Å². The Morgan fingerprint density at radius 3 is 2.81 bits per heavy atom. The van der Waals surface area contributed by atoms with Crippen LogP contribution in [0.2, 0.25) is 0 Å². The minimum atomic E-state index is -3.78. The van der Waals surface area contributed by atoms with Crippen LogP contribution in [0.15, 0.2) is 23.1 Å². The van der Waals surface area contributed by atoms with Gasteiger partial charge in [-0.05, 0) is 38.6 Å². The van der Waals surface area contributed by atoms with Gasteiger partial charge in [-0.15, -0.1) is 0 Å². The lowest BCUT2D eigenvalue weighted by atomic mass is 10.2. The number of hydrogen-bond acceptors (Lipinski definition) is 6. The third-order valence-corrected chi connectivity index (χ3v) is 5.11. The van der Waals surface area contributed by atoms with Crippen LogP contribution in [0.3, 0.4) is 0 Å². The predicted molar refractivity (Wildman–Crippen MR) is 78.3 cm³/mol. The summed E-state index contributed by atoms with van der Waals surface area (Å²) in [5.41, 5.74) is 4.99. The first-order valence-electron chi connectivity index (χ1n) is 6.55. The minimum absolute atomic E-state index is 0.0607. The van der Waals surface area contributed by atoms with Gasteiger partial charge in [-0.1, -0.05) is 0 Å². The Morgan fingerprint density at radius 1 is 1.52 bits per heavy atom. The molecule has 0 bridgehead atoms. The van der Waals surface area contributed by atoms with Crippen LogP contribution in [0.25, 0.3) is 0 Å². The predicted octanol–water partition coefficient (Wildman–Crippen LogP) is 0.550. The molecule has 1 atom stereocenters. The van der Waals surface area contributed by atoms with Gasteiger partial charge in [-0.3, -0.25) is 10.1 Å². The summed E-state index contributed by atoms with van der Waals surface area (Å²) in [7, 11) is -1.84. The molecule has 0 radical (unpaired) electrons. The molecule has 8 nitrogen and oxygen atoms in total. The standard InChI is InChI=1S/C12H18N4O4S/c1-15-6-2-3-9(15)8-14-21(19,20)10-4-5-11(13)12(7-10)16(17)18/h4-5,7,9,14H,2-3,6,8,13H2,1H3. The molecule has 3 N–H and O–H groups in total. The Labute approximate surface area is 123 Å². The summed E-state index contributed by atoms with van der Waals surface area (Å²) in [4.78, 5) is 12.1. The number of nitrogens with zero attached hydrogens (tertiary/aromatic N) is 2. The van der Waals surface area contributed by atoms with E-state index in [2.05, 4.69) is 9.62 Å². The van der Waals surface area contributed by atoms with Gasteiger partial charge in [0.2, 0.25) is 10.0 Å². The molecule has 1 fully saturated rings. The monoisotopic (exact) mass is 314 g/mol. The van der Waals surface area contributed by atoms with Crippen LogP contribution in [-0.4, -0.2) is 44.4 Å². The lowest BCUT2D eigenvalue weighted by Crippen LogP contribution is -2.38. The largest absolute Gasteiger partial charge is 0.393 e. The normalized spacial score (nSPS) is 19.8. The molecular formula is C12H18N4O4S. The van der Waals surface area contributed by atoms with Crippen LogP contribution in [0.4, 0.5) is 11.4 Å². The molecule has 21 heavy (non-hydrogen) atoms. The fourth-order valence-corrected chi connectivity index (χ4v) is 3.47. The molecule has 0 aromatic heterocycles. The van der Waals surface area contributed by atoms with Crippen molar-refractivity contribution in [2.45, 2.75) is 23.8 Å². The molecule has 0 spiro atoms. The van der Waals surface area contributed by atoms with Gasteiger partial charge >= 0.3 is 0 Å². The van der Waals surface area contributed by atoms with Gasteiger partial charge in [0.1, 0.15) is 5.69 Å². The summed E-state index contributed by atoms with van der Waals surface area (Å²) in [6, 6.07) is 3.64. The molecule has 0 saturated carbocycles. The third kappa shape index (κ3) is 3.49. The molecule has 1 aliphatic rings. The highest BCUT2D eigenvalue weighted by Crippen LogP contribution is 2.24. The van der Waals surface area contributed by atoms with E-state index in [9.17, 15) is 18.5 Å². The van der Waals surface area contributed by atoms with E-state index in [1.165, 1.54) is 12.1 Å². The van der Waals surface area contributed by atoms with Crippen molar-refractivity contribution in [2.75, 3.05) is 25.9 Å². The number of hydrogen-bond donors (Lipinski definition) is 2. The summed E-state index contributed by atoms with van der Waals surface area (Å²) in [5, 5.41) is 10.8. The average Bonchev–Trinajstić information content (AvgIpc) is 2.82. The molecule has 9 heteroatoms. The Balaban J connectivity index is 2.15. The first-order chi connectivity index (χ1) is 9.81. The van der Waals surface area contributed by atoms with Crippen LogP contribution in [0.1, 0.15) is 12.8 Å². The summed E-state index contributed by atoms with van der Waals surface area (Å²) in [6.45, 7) is 1.23. The first kappa shape index (κ1) is 15.7. The topological polar surface area (TPSA) is 119 Å². The van der Waals surface area contributed by atoms with Gasteiger partial charge < -0.3 is 10.6 Å². The van der Waals surface area contributed by atoms with Crippen LogP contribution in [-0.2, 0) is 10.0 Å². The van der Waals surface area contributed by atoms with Crippen LogP contribution >= 0.6 is 0 Å². The average molecular weight is 314 g/mol. The maximum Gasteiger partial charge on any atom is 0.293 e. The van der Waals surface area contributed by atoms with E-state index in [1.807, 2.05) is 7.05 Å². The summed E-state index contributed by atoms with van der Waals surface area (Å²) in [5.74, 6) is 0. The molecule has 1 unspecified atom stereocenters. The fourth-order valence-electron chi connectivity index (χ4n) is 2.38. The van der Waals surface area contributed by atoms with E-state index >= 15 is 0 Å². The van der Waals surface area contributed by atoms with Crippen LogP contribution in [0.5, 0.6) is 0 Å². The number of rotatable bonds is 5. The lowest BCUT2D eigenvalue weighted by Gasteiger charge is -2.19. The zero-order chi connectivity index (χ0) is 15.6. The van der Waals surface area contributed by atoms with Crippen molar-refractivity contribution >= 4 is 21.4 Å². The summed E-state index contributed by atoms with van der Waals surface area (Å²) in [6.07, 6.45) is 1.97. The third-order valence-electron chi connectivity index (χ3n) is 3.69. The molecular weight excluding hydrogens is 296 g/mol. The number of likely N-dealkylation sites (N-methyl/N-ethyl adjacent to an activating group) is 1. The Morgan fingerprint density at radius 2 is 2.24 bits per heavy atom. The molecule has 116 valence electrons. The molecule has 1 heterocycles. The number of nitro benzene ring substituents is 1. The number of nitrogens with two attached hydrogens (primary N) is 1. The van der Waals surface area contributed by atoms with Gasteiger partial charge in [-0.2, -0.15) is 0 Å². The summed E-state index contributed by atoms with van der Waals surface area (Å²) < 4.78 is 26.9. The van der Waals surface area contributed by atoms with Gasteiger partial charge in [0.05, 0.1) is 9.82 Å². The van der Waals surface area contributed by atoms with E-state index in [4.69, 9.17) is 5.73 Å². The number of nitrogens with one attached hydrogen (secondary N) is 1. The number of nitro groups is 1. The van der Waals surface area contributed by atoms with Crippen molar-refractivity contribution < 1.29 is 13.3 Å². The molecule has 1 aromatic carbocycles. The van der Waals surface area contributed by atoms with Gasteiger partial charge in [0.15, 0.2) is 0 Å². The van der Waals surface area contributed by atoms with E-state index in [1.54, 1.807) is 0 Å². The quantitative estimate of drug-likeness (QED) is 0.465. The van der Waals surface area contributed by atoms with E-state index < -0.39 is 20.6 Å². The van der Waals surface area contributed by atoms with Crippen molar-refractivity contribution in [2.24, 2.45) is 0 Å². The highest BCUT2D eigenvalue weighted by molar-refractivity contribution is 7.89. The fraction of sp³-hybridized carbons (Fsp3) is 0.500. The minimum Gasteiger partial charge on any atom is -0.393 e. The number of likely N-dealkylation sites (tertiary alicyclic amines) is 1. The molecule has 2 rings (SSSR count). The second kappa shape index (κ2) is 5.96. The second-order valence-electron chi connectivity index (χ2n) is 5.11. The first-order valence-corrected chi connectivity index (χ1v) is 8.03. The maximum absolute atomic E-state index is 12.2. The Kier molecular flexibility index (Phi) is 4.45. The number of nitrogen functional groups attached to an aromatic ring is 1. The van der Waals surface area contributed by atoms with Crippen molar-refractivity contribution in [3.05, 3.63) is 28.3 Å². The molecule has 0 aliphatic carbocycles. The lowest BCUT2D eigenvalue weighted by molar-refractivity contribution is -0.384. The second-order valence-corrected chi connectivity index (χ2v) is 6.87. The van der Waals surface area contributed by atoms with E-state index in [-0.39, 0.29) is 23.2 Å². The SMILES string of the molecule is CN1CCCC1CNS(=O)(=O)c1ccc(N)c([N+](=O)[O-])c1. The van der Waals surface area contributed by atoms with E-state index in [0.717, 1.165) is 25.5 Å². The number of benzene rings is 1. The number of anilines is 1. The van der Waals surface area contributed by atoms with Gasteiger partial charge in [0, 0.05) is 18.7 Å². The summed E-state index contributed by atoms with van der Waals surface area (Å²) >= 11 is 0. The van der Waals surface area contributed by atoms with Crippen molar-refractivity contribution in [3.63, 3.8) is 0 Å². The smallest absolute Gasteiger partial charge is 0.293 e. The van der Waals surface area contributed by atoms with Crippen LogP contribution < -0.4 is 10.5 Å². The zero-order valence-electron chi connectivity index (χ0n) is 11.7. The maximum atomic E-state index is 12.2. The molecule has 1 aromatic rings. The Hall–Kier alpha value is -1.71. The van der Waals surface area contributed by atoms with Crippen molar-refractivity contribution in [1.29, 1.82) is 0 Å². The van der Waals surface area contributed by atoms with Gasteiger partial charge in [-0.25, -0.2) is 13.1 Å². The van der Waals surface area contributed by atoms with Crippen LogP contribution in [0, 0.1) is 10.1 Å². The van der Waals surface area contributed by atoms with Crippen molar-refractivity contribution in [3.8, 4) is 0 Å².